The van der Waals surface area contributed by atoms with Crippen LogP contribution in [0.5, 0.6) is 0 Å². The molecule has 0 aromatic rings. The smallest absolute Gasteiger partial charge is 0.219 e. The Hall–Kier alpha value is -0.610. The lowest BCUT2D eigenvalue weighted by atomic mass is 9.79. The quantitative estimate of drug-likeness (QED) is 0.702. The molecule has 0 saturated carbocycles. The Kier molecular flexibility index (Phi) is 5.05. The molecule has 4 nitrogen and oxygen atoms in total. The fourth-order valence-electron chi connectivity index (χ4n) is 2.05. The van der Waals surface area contributed by atoms with Crippen LogP contribution >= 0.6 is 0 Å². The fourth-order valence-corrected chi connectivity index (χ4v) is 2.05. The highest BCUT2D eigenvalue weighted by Crippen LogP contribution is 2.28. The summed E-state index contributed by atoms with van der Waals surface area (Å²) < 4.78 is 5.27. The number of rotatable bonds is 5. The topological polar surface area (TPSA) is 50.4 Å². The minimum Gasteiger partial charge on any atom is -0.384 e. The third-order valence-corrected chi connectivity index (χ3v) is 3.10. The molecule has 15 heavy (non-hydrogen) atoms. The van der Waals surface area contributed by atoms with Crippen LogP contribution in [0.15, 0.2) is 0 Å². The van der Waals surface area contributed by atoms with Crippen molar-refractivity contribution >= 4 is 5.91 Å². The lowest BCUT2D eigenvalue weighted by Crippen LogP contribution is -2.47. The van der Waals surface area contributed by atoms with Gasteiger partial charge in [0.1, 0.15) is 0 Å². The molecule has 1 amide bonds. The van der Waals surface area contributed by atoms with E-state index in [1.54, 1.807) is 7.11 Å². The van der Waals surface area contributed by atoms with E-state index < -0.39 is 0 Å². The molecule has 1 aliphatic heterocycles. The van der Waals surface area contributed by atoms with E-state index in [4.69, 9.17) is 4.74 Å². The Balaban J connectivity index is 2.44. The molecular weight excluding hydrogens is 192 g/mol. The van der Waals surface area contributed by atoms with Crippen molar-refractivity contribution in [2.24, 2.45) is 5.41 Å². The summed E-state index contributed by atoms with van der Waals surface area (Å²) in [6, 6.07) is 0. The second kappa shape index (κ2) is 6.08. The summed E-state index contributed by atoms with van der Waals surface area (Å²) in [6.07, 6.45) is 2.71. The minimum atomic E-state index is 0.129. The van der Waals surface area contributed by atoms with Gasteiger partial charge in [-0.15, -0.1) is 0 Å². The van der Waals surface area contributed by atoms with Gasteiger partial charge in [0.2, 0.25) is 5.91 Å². The molecule has 88 valence electrons. The van der Waals surface area contributed by atoms with E-state index in [-0.39, 0.29) is 11.3 Å². The van der Waals surface area contributed by atoms with Crippen LogP contribution in [0.25, 0.3) is 0 Å². The maximum Gasteiger partial charge on any atom is 0.219 e. The van der Waals surface area contributed by atoms with Crippen LogP contribution < -0.4 is 10.6 Å². The Morgan fingerprint density at radius 3 is 2.67 bits per heavy atom. The van der Waals surface area contributed by atoms with Crippen LogP contribution in [-0.4, -0.2) is 39.3 Å². The van der Waals surface area contributed by atoms with Gasteiger partial charge in [-0.25, -0.2) is 0 Å². The van der Waals surface area contributed by atoms with Gasteiger partial charge < -0.3 is 15.4 Å². The second-order valence-electron chi connectivity index (χ2n) is 4.31. The molecule has 0 spiro atoms. The molecule has 0 aliphatic carbocycles. The summed E-state index contributed by atoms with van der Waals surface area (Å²) in [5.41, 5.74) is 0.144. The number of methoxy groups -OCH3 is 1. The molecule has 0 aromatic heterocycles. The first-order valence-electron chi connectivity index (χ1n) is 5.69. The van der Waals surface area contributed by atoms with Crippen LogP contribution in [-0.2, 0) is 9.53 Å². The van der Waals surface area contributed by atoms with Gasteiger partial charge in [0.25, 0.3) is 0 Å². The average molecular weight is 214 g/mol. The van der Waals surface area contributed by atoms with Crippen molar-refractivity contribution in [1.29, 1.82) is 0 Å². The zero-order chi connectivity index (χ0) is 11.1. The highest BCUT2D eigenvalue weighted by Gasteiger charge is 2.32. The monoisotopic (exact) mass is 214 g/mol. The number of hydrogen-bond acceptors (Lipinski definition) is 3. The molecule has 0 atom stereocenters. The molecule has 1 rings (SSSR count). The van der Waals surface area contributed by atoms with E-state index in [2.05, 4.69) is 10.6 Å². The average Bonchev–Trinajstić information content (AvgIpc) is 2.28. The van der Waals surface area contributed by atoms with Crippen molar-refractivity contribution in [3.8, 4) is 0 Å². The summed E-state index contributed by atoms with van der Waals surface area (Å²) in [7, 11) is 1.73. The zero-order valence-electron chi connectivity index (χ0n) is 9.77. The van der Waals surface area contributed by atoms with Gasteiger partial charge in [0.15, 0.2) is 0 Å². The molecule has 1 aliphatic rings. The maximum atomic E-state index is 11.2. The van der Waals surface area contributed by atoms with Crippen molar-refractivity contribution in [1.82, 2.24) is 10.6 Å². The van der Waals surface area contributed by atoms with E-state index in [9.17, 15) is 4.79 Å². The predicted molar refractivity (Wildman–Crippen MR) is 59.7 cm³/mol. The summed E-state index contributed by atoms with van der Waals surface area (Å²) in [4.78, 5) is 11.2. The fraction of sp³-hybridized carbons (Fsp3) is 0.909. The first-order valence-corrected chi connectivity index (χ1v) is 5.69. The van der Waals surface area contributed by atoms with Crippen molar-refractivity contribution in [3.05, 3.63) is 0 Å². The highest BCUT2D eigenvalue weighted by atomic mass is 16.5. The normalized spacial score (nSPS) is 19.9. The van der Waals surface area contributed by atoms with Crippen LogP contribution in [0.2, 0.25) is 0 Å². The number of carbonyl (C=O) groups is 1. The lowest BCUT2D eigenvalue weighted by molar-refractivity contribution is -0.121. The number of amides is 1. The molecule has 1 heterocycles. The van der Waals surface area contributed by atoms with E-state index in [1.165, 1.54) is 0 Å². The number of hydrogen-bond donors (Lipinski definition) is 2. The van der Waals surface area contributed by atoms with Crippen molar-refractivity contribution in [3.63, 3.8) is 0 Å². The van der Waals surface area contributed by atoms with Gasteiger partial charge in [-0.3, -0.25) is 4.79 Å². The molecule has 1 fully saturated rings. The van der Waals surface area contributed by atoms with Gasteiger partial charge in [0, 0.05) is 25.5 Å². The number of piperidine rings is 1. The van der Waals surface area contributed by atoms with Crippen molar-refractivity contribution in [2.75, 3.05) is 33.4 Å². The van der Waals surface area contributed by atoms with Crippen molar-refractivity contribution < 1.29 is 9.53 Å². The Bertz CT molecular complexity index is 195. The lowest BCUT2D eigenvalue weighted by Gasteiger charge is -2.37. The molecule has 1 saturated heterocycles. The van der Waals surface area contributed by atoms with Gasteiger partial charge in [-0.2, -0.15) is 0 Å². The van der Waals surface area contributed by atoms with E-state index in [0.717, 1.165) is 39.1 Å². The van der Waals surface area contributed by atoms with Crippen LogP contribution in [0, 0.1) is 5.41 Å². The van der Waals surface area contributed by atoms with Gasteiger partial charge in [-0.05, 0) is 25.9 Å². The third kappa shape index (κ3) is 3.80. The standard InChI is InChI=1S/C11H22N2O2/c1-3-10(14)13-8-11(9-15-2)4-6-12-7-5-11/h12H,3-9H2,1-2H3,(H,13,14). The first kappa shape index (κ1) is 12.5. The van der Waals surface area contributed by atoms with Crippen LogP contribution in [0.3, 0.4) is 0 Å². The van der Waals surface area contributed by atoms with Gasteiger partial charge in [0.05, 0.1) is 6.61 Å². The first-order chi connectivity index (χ1) is 7.22. The molecular formula is C11H22N2O2. The molecule has 0 radical (unpaired) electrons. The SMILES string of the molecule is CCC(=O)NCC1(COC)CCNCC1. The second-order valence-corrected chi connectivity index (χ2v) is 4.31. The number of ether oxygens (including phenoxy) is 1. The zero-order valence-corrected chi connectivity index (χ0v) is 9.77. The Morgan fingerprint density at radius 1 is 1.47 bits per heavy atom. The molecule has 2 N–H and O–H groups in total. The molecule has 4 heteroatoms. The highest BCUT2D eigenvalue weighted by molar-refractivity contribution is 5.75. The number of nitrogens with one attached hydrogen (secondary N) is 2. The van der Waals surface area contributed by atoms with Crippen LogP contribution in [0.1, 0.15) is 26.2 Å². The minimum absolute atomic E-state index is 0.129. The van der Waals surface area contributed by atoms with Gasteiger partial charge >= 0.3 is 0 Å². The molecule has 0 bridgehead atoms. The summed E-state index contributed by atoms with van der Waals surface area (Å²) in [5, 5.41) is 6.31. The van der Waals surface area contributed by atoms with Gasteiger partial charge in [-0.1, -0.05) is 6.92 Å². The van der Waals surface area contributed by atoms with Crippen LogP contribution in [0.4, 0.5) is 0 Å². The Morgan fingerprint density at radius 2 is 2.13 bits per heavy atom. The molecule has 0 aromatic carbocycles. The molecule has 0 unspecified atom stereocenters. The summed E-state index contributed by atoms with van der Waals surface area (Å²) in [5.74, 6) is 0.129. The van der Waals surface area contributed by atoms with E-state index in [0.29, 0.717) is 6.42 Å². The Labute approximate surface area is 91.8 Å². The van der Waals surface area contributed by atoms with Crippen molar-refractivity contribution in [2.45, 2.75) is 26.2 Å². The summed E-state index contributed by atoms with van der Waals surface area (Å²) >= 11 is 0. The third-order valence-electron chi connectivity index (χ3n) is 3.10. The maximum absolute atomic E-state index is 11.2. The number of carbonyl (C=O) groups excluding carboxylic acids is 1. The summed E-state index contributed by atoms with van der Waals surface area (Å²) in [6.45, 7) is 5.39. The largest absolute Gasteiger partial charge is 0.384 e. The van der Waals surface area contributed by atoms with E-state index >= 15 is 0 Å². The van der Waals surface area contributed by atoms with E-state index in [1.807, 2.05) is 6.92 Å². The predicted octanol–water partition coefficient (Wildman–Crippen LogP) is 0.529.